The van der Waals surface area contributed by atoms with Gasteiger partial charge in [0.15, 0.2) is 0 Å². The van der Waals surface area contributed by atoms with E-state index in [1.54, 1.807) is 0 Å². The molecule has 0 fully saturated rings. The van der Waals surface area contributed by atoms with Crippen molar-refractivity contribution in [1.82, 2.24) is 0 Å². The third-order valence-electron chi connectivity index (χ3n) is 1.02. The quantitative estimate of drug-likeness (QED) is 0.461. The Hall–Kier alpha value is -0.620. The van der Waals surface area contributed by atoms with Crippen LogP contribution in [0, 0.1) is 16.7 Å². The predicted molar refractivity (Wildman–Crippen MR) is 47.3 cm³/mol. The summed E-state index contributed by atoms with van der Waals surface area (Å²) in [5, 5.41) is 5.40. The van der Waals surface area contributed by atoms with Gasteiger partial charge in [0, 0.05) is 0 Å². The van der Waals surface area contributed by atoms with Crippen LogP contribution in [0.2, 0.25) is 0 Å². The molecule has 0 aliphatic carbocycles. The average molecular weight is 157 g/mol. The third kappa shape index (κ3) is 26.6. The van der Waals surface area contributed by atoms with Gasteiger partial charge < -0.3 is 0 Å². The van der Waals surface area contributed by atoms with Crippen molar-refractivity contribution in [2.45, 2.75) is 41.0 Å². The average Bonchev–Trinajstić information content (AvgIpc) is 1.57. The van der Waals surface area contributed by atoms with Gasteiger partial charge in [-0.1, -0.05) is 34.6 Å². The first-order valence-electron chi connectivity index (χ1n) is 3.87. The number of rotatable bonds is 1. The lowest BCUT2D eigenvalue weighted by Crippen LogP contribution is -2.08. The molecule has 0 atom stereocenters. The van der Waals surface area contributed by atoms with Crippen molar-refractivity contribution in [3.8, 4) is 0 Å². The monoisotopic (exact) mass is 157 g/mol. The first-order valence-corrected chi connectivity index (χ1v) is 3.87. The van der Waals surface area contributed by atoms with Gasteiger partial charge in [-0.15, -0.1) is 0 Å². The van der Waals surface area contributed by atoms with E-state index in [2.05, 4.69) is 34.6 Å². The Bertz CT molecular complexity index is 116. The lowest BCUT2D eigenvalue weighted by molar-refractivity contribution is 0.320. The van der Waals surface area contributed by atoms with Crippen molar-refractivity contribution in [3.05, 3.63) is 0 Å². The summed E-state index contributed by atoms with van der Waals surface area (Å²) < 4.78 is 0. The Balaban J connectivity index is 0. The van der Waals surface area contributed by atoms with Crippen molar-refractivity contribution in [2.75, 3.05) is 0 Å². The summed E-state index contributed by atoms with van der Waals surface area (Å²) in [5.74, 6) is 0.843. The number of isocyanates is 1. The van der Waals surface area contributed by atoms with Crippen LogP contribution >= 0.6 is 0 Å². The molecule has 1 N–H and O–H groups in total. The maximum absolute atomic E-state index is 8.35. The molecule has 66 valence electrons. The molecule has 0 aliphatic rings. The highest BCUT2D eigenvalue weighted by Crippen LogP contribution is 2.23. The van der Waals surface area contributed by atoms with E-state index in [4.69, 9.17) is 10.2 Å². The van der Waals surface area contributed by atoms with Crippen LogP contribution in [-0.4, -0.2) is 6.08 Å². The van der Waals surface area contributed by atoms with Gasteiger partial charge in [-0.25, -0.2) is 10.2 Å². The van der Waals surface area contributed by atoms with Crippen LogP contribution < -0.4 is 0 Å². The minimum absolute atomic E-state index is 0.522. The van der Waals surface area contributed by atoms with Crippen molar-refractivity contribution in [3.63, 3.8) is 0 Å². The topological polar surface area (TPSA) is 40.9 Å². The first kappa shape index (κ1) is 13.0. The first-order chi connectivity index (χ1) is 4.83. The van der Waals surface area contributed by atoms with Gasteiger partial charge in [-0.05, 0) is 17.8 Å². The maximum atomic E-state index is 8.35. The van der Waals surface area contributed by atoms with Crippen molar-refractivity contribution >= 4 is 6.08 Å². The molecule has 0 aromatic rings. The maximum Gasteiger partial charge on any atom is 0.231 e. The molecule has 0 saturated heterocycles. The van der Waals surface area contributed by atoms with Crippen LogP contribution in [0.25, 0.3) is 0 Å². The van der Waals surface area contributed by atoms with E-state index >= 15 is 0 Å². The fourth-order valence-electron chi connectivity index (χ4n) is 1.22. The molecule has 0 saturated carbocycles. The summed E-state index contributed by atoms with van der Waals surface area (Å²) >= 11 is 0. The van der Waals surface area contributed by atoms with E-state index in [1.165, 1.54) is 6.42 Å². The van der Waals surface area contributed by atoms with Crippen molar-refractivity contribution < 1.29 is 4.79 Å². The standard InChI is InChI=1S/C8H18.CHNO/c1-7(2)6-8(3,4)5;2-1-3/h7H,6H2,1-5H3;2H. The summed E-state index contributed by atoms with van der Waals surface area (Å²) in [5.41, 5.74) is 0.522. The van der Waals surface area contributed by atoms with Crippen molar-refractivity contribution in [2.24, 2.45) is 11.3 Å². The molecule has 2 heteroatoms. The van der Waals surface area contributed by atoms with Crippen LogP contribution in [0.5, 0.6) is 0 Å². The van der Waals surface area contributed by atoms with E-state index in [0.717, 1.165) is 12.0 Å². The second-order valence-electron chi connectivity index (χ2n) is 4.26. The largest absolute Gasteiger partial charge is 0.231 e. The van der Waals surface area contributed by atoms with Gasteiger partial charge >= 0.3 is 0 Å². The molecule has 11 heavy (non-hydrogen) atoms. The van der Waals surface area contributed by atoms with Gasteiger partial charge in [0.05, 0.1) is 0 Å². The molecule has 0 aliphatic heterocycles. The molecular formula is C9H19NO. The Morgan fingerprint density at radius 3 is 1.64 bits per heavy atom. The third-order valence-corrected chi connectivity index (χ3v) is 1.02. The van der Waals surface area contributed by atoms with E-state index in [0.29, 0.717) is 5.41 Å². The lowest BCUT2D eigenvalue weighted by atomic mass is 9.86. The summed E-state index contributed by atoms with van der Waals surface area (Å²) in [7, 11) is 0. The molecule has 0 radical (unpaired) electrons. The molecular weight excluding hydrogens is 138 g/mol. The number of carbonyl (C=O) groups excluding carboxylic acids is 1. The summed E-state index contributed by atoms with van der Waals surface area (Å²) in [6.07, 6.45) is 2.08. The number of hydrogen-bond donors (Lipinski definition) is 1. The molecule has 2 nitrogen and oxygen atoms in total. The molecule has 0 heterocycles. The molecule has 0 aromatic heterocycles. The Labute approximate surface area is 69.5 Å². The molecule has 0 unspecified atom stereocenters. The molecule has 0 aromatic carbocycles. The summed E-state index contributed by atoms with van der Waals surface area (Å²) in [6.45, 7) is 11.4. The zero-order valence-electron chi connectivity index (χ0n) is 8.19. The van der Waals surface area contributed by atoms with Crippen LogP contribution in [0.15, 0.2) is 0 Å². The second-order valence-corrected chi connectivity index (χ2v) is 4.26. The van der Waals surface area contributed by atoms with E-state index in [-0.39, 0.29) is 0 Å². The summed E-state index contributed by atoms with van der Waals surface area (Å²) in [4.78, 5) is 8.35. The fourth-order valence-corrected chi connectivity index (χ4v) is 1.22. The Kier molecular flexibility index (Phi) is 7.23. The SMILES string of the molecule is CC(C)CC(C)(C)C.N=C=O. The number of nitrogens with one attached hydrogen (secondary N) is 1. The minimum atomic E-state index is 0.522. The Morgan fingerprint density at radius 1 is 1.36 bits per heavy atom. The highest BCUT2D eigenvalue weighted by atomic mass is 16.1. The molecule has 0 spiro atoms. The van der Waals surface area contributed by atoms with Gasteiger partial charge in [0.1, 0.15) is 0 Å². The normalized spacial score (nSPS) is 10.0. The van der Waals surface area contributed by atoms with Crippen molar-refractivity contribution in [1.29, 1.82) is 5.41 Å². The van der Waals surface area contributed by atoms with E-state index in [1.807, 2.05) is 0 Å². The lowest BCUT2D eigenvalue weighted by Gasteiger charge is -2.19. The van der Waals surface area contributed by atoms with Gasteiger partial charge in [0.2, 0.25) is 6.08 Å². The van der Waals surface area contributed by atoms with Crippen LogP contribution in [0.1, 0.15) is 41.0 Å². The van der Waals surface area contributed by atoms with Gasteiger partial charge in [-0.3, -0.25) is 0 Å². The second kappa shape index (κ2) is 6.11. The van der Waals surface area contributed by atoms with Crippen LogP contribution in [0.4, 0.5) is 0 Å². The van der Waals surface area contributed by atoms with Crippen LogP contribution in [0.3, 0.4) is 0 Å². The summed E-state index contributed by atoms with van der Waals surface area (Å²) in [6, 6.07) is 0. The highest BCUT2D eigenvalue weighted by Gasteiger charge is 2.11. The fraction of sp³-hybridized carbons (Fsp3) is 0.889. The van der Waals surface area contributed by atoms with E-state index in [9.17, 15) is 0 Å². The molecule has 0 amide bonds. The van der Waals surface area contributed by atoms with Gasteiger partial charge in [0.25, 0.3) is 0 Å². The number of hydrogen-bond acceptors (Lipinski definition) is 2. The molecule has 0 rings (SSSR count). The minimum Gasteiger partial charge on any atom is -0.222 e. The zero-order chi connectivity index (χ0) is 9.49. The van der Waals surface area contributed by atoms with E-state index < -0.39 is 0 Å². The molecule has 0 bridgehead atoms. The highest BCUT2D eigenvalue weighted by molar-refractivity contribution is 5.26. The smallest absolute Gasteiger partial charge is 0.222 e. The van der Waals surface area contributed by atoms with Gasteiger partial charge in [-0.2, -0.15) is 0 Å². The predicted octanol–water partition coefficient (Wildman–Crippen LogP) is 2.98. The van der Waals surface area contributed by atoms with Crippen LogP contribution in [-0.2, 0) is 4.79 Å². The Morgan fingerprint density at radius 2 is 1.64 bits per heavy atom. The zero-order valence-corrected chi connectivity index (χ0v) is 8.19.